The summed E-state index contributed by atoms with van der Waals surface area (Å²) in [5, 5.41) is 98.2. The monoisotopic (exact) mass is 876 g/mol. The Labute approximate surface area is 357 Å². The fourth-order valence-electron chi connectivity index (χ4n) is 7.06. The van der Waals surface area contributed by atoms with E-state index < -0.39 is 62.4 Å². The van der Waals surface area contributed by atoms with Gasteiger partial charge in [-0.15, -0.1) is 0 Å². The van der Waals surface area contributed by atoms with Crippen molar-refractivity contribution in [3.8, 4) is 34.5 Å². The van der Waals surface area contributed by atoms with Crippen molar-refractivity contribution in [2.45, 2.75) is 36.3 Å². The lowest BCUT2D eigenvalue weighted by Crippen LogP contribution is -2.36. The Morgan fingerprint density at radius 1 is 0.500 bits per heavy atom. The molecule has 3 aliphatic rings. The van der Waals surface area contributed by atoms with E-state index in [0.717, 1.165) is 54.6 Å². The maximum Gasteiger partial charge on any atom is 0.196 e. The first kappa shape index (κ1) is 44.0. The van der Waals surface area contributed by atoms with Crippen molar-refractivity contribution in [2.75, 3.05) is 0 Å². The highest BCUT2D eigenvalue weighted by atomic mass is 16.4. The molecular formula is C46H36O18. The number of aliphatic hydroxyl groups is 4. The van der Waals surface area contributed by atoms with Crippen LogP contribution in [-0.4, -0.2) is 68.7 Å². The molecule has 3 aromatic carbocycles. The predicted molar refractivity (Wildman–Crippen MR) is 225 cm³/mol. The minimum atomic E-state index is -1.73. The molecule has 0 saturated carbocycles. The summed E-state index contributed by atoms with van der Waals surface area (Å²) in [5.41, 5.74) is -6.82. The van der Waals surface area contributed by atoms with Crippen LogP contribution in [0.3, 0.4) is 0 Å². The molecule has 0 amide bonds. The lowest BCUT2D eigenvalue weighted by atomic mass is 9.79. The van der Waals surface area contributed by atoms with E-state index >= 15 is 0 Å². The topological polar surface area (TPSA) is 327 Å². The summed E-state index contributed by atoms with van der Waals surface area (Å²) in [7, 11) is 0. The van der Waals surface area contributed by atoms with E-state index in [-0.39, 0.29) is 85.4 Å². The number of rotatable bonds is 3. The fraction of sp³-hybridized carbons (Fsp3) is 0.152. The Kier molecular flexibility index (Phi) is 11.2. The van der Waals surface area contributed by atoms with Gasteiger partial charge in [-0.3, -0.25) is 24.0 Å². The molecule has 3 aromatic heterocycles. The van der Waals surface area contributed by atoms with E-state index in [9.17, 15) is 75.0 Å². The number of fused-ring (bicyclic) bond motifs is 3. The predicted octanol–water partition coefficient (Wildman–Crippen LogP) is 3.52. The molecule has 0 aliphatic heterocycles. The van der Waals surface area contributed by atoms with Crippen LogP contribution in [0.15, 0.2) is 143 Å². The molecule has 18 nitrogen and oxygen atoms in total. The number of hydrogen-bond acceptors (Lipinski definition) is 18. The van der Waals surface area contributed by atoms with Crippen molar-refractivity contribution in [1.29, 1.82) is 0 Å². The number of benzene rings is 3. The normalized spacial score (nSPS) is 22.0. The number of carbonyl (C=O) groups excluding carboxylic acids is 2. The van der Waals surface area contributed by atoms with Crippen LogP contribution in [0.4, 0.5) is 0 Å². The van der Waals surface area contributed by atoms with Crippen molar-refractivity contribution in [3.63, 3.8) is 0 Å². The zero-order chi connectivity index (χ0) is 46.5. The van der Waals surface area contributed by atoms with Crippen LogP contribution >= 0.6 is 0 Å². The van der Waals surface area contributed by atoms with Crippen LogP contribution < -0.4 is 16.3 Å². The lowest BCUT2D eigenvalue weighted by molar-refractivity contribution is -0.119. The summed E-state index contributed by atoms with van der Waals surface area (Å²) in [4.78, 5) is 58.8. The number of carbonyl (C=O) groups is 2. The van der Waals surface area contributed by atoms with Gasteiger partial charge in [0.05, 0.1) is 6.10 Å². The average molecular weight is 877 g/mol. The van der Waals surface area contributed by atoms with E-state index in [1.807, 2.05) is 0 Å². The smallest absolute Gasteiger partial charge is 0.196 e. The van der Waals surface area contributed by atoms with Gasteiger partial charge in [-0.1, -0.05) is 19.1 Å². The van der Waals surface area contributed by atoms with Gasteiger partial charge in [0, 0.05) is 66.9 Å². The third kappa shape index (κ3) is 8.44. The maximum absolute atomic E-state index is 12.2. The molecule has 2 atom stereocenters. The minimum Gasteiger partial charge on any atom is -0.508 e. The molecule has 328 valence electrons. The molecule has 0 saturated heterocycles. The number of hydrogen-bond donors (Lipinski definition) is 10. The zero-order valence-corrected chi connectivity index (χ0v) is 33.1. The highest BCUT2D eigenvalue weighted by molar-refractivity contribution is 6.00. The summed E-state index contributed by atoms with van der Waals surface area (Å²) in [6.07, 6.45) is 11.9. The van der Waals surface area contributed by atoms with Gasteiger partial charge < -0.3 is 64.3 Å². The highest BCUT2D eigenvalue weighted by Crippen LogP contribution is 2.39. The summed E-state index contributed by atoms with van der Waals surface area (Å²) >= 11 is 0. The number of allylic oxidation sites excluding steroid dienone is 3. The van der Waals surface area contributed by atoms with Crippen LogP contribution in [0.5, 0.6) is 34.5 Å². The fourth-order valence-corrected chi connectivity index (χ4v) is 7.06. The van der Waals surface area contributed by atoms with Crippen molar-refractivity contribution in [2.24, 2.45) is 5.92 Å². The van der Waals surface area contributed by atoms with E-state index in [1.165, 1.54) is 60.7 Å². The lowest BCUT2D eigenvalue weighted by Gasteiger charge is -2.32. The maximum atomic E-state index is 12.2. The third-order valence-electron chi connectivity index (χ3n) is 10.4. The molecule has 6 aromatic rings. The largest absolute Gasteiger partial charge is 0.508 e. The first-order chi connectivity index (χ1) is 30.1. The first-order valence-corrected chi connectivity index (χ1v) is 19.0. The number of phenols is 6. The second kappa shape index (κ2) is 16.3. The summed E-state index contributed by atoms with van der Waals surface area (Å²) < 4.78 is 16.3. The van der Waals surface area contributed by atoms with Crippen LogP contribution in [0.1, 0.15) is 30.6 Å². The first-order valence-electron chi connectivity index (χ1n) is 19.0. The van der Waals surface area contributed by atoms with Crippen LogP contribution in [0.2, 0.25) is 0 Å². The Balaban J connectivity index is 0.000000144. The van der Waals surface area contributed by atoms with Gasteiger partial charge >= 0.3 is 0 Å². The molecule has 3 aliphatic carbocycles. The number of aliphatic hydroxyl groups excluding tert-OH is 1. The molecule has 2 unspecified atom stereocenters. The van der Waals surface area contributed by atoms with Gasteiger partial charge in [0.1, 0.15) is 90.3 Å². The molecule has 64 heavy (non-hydrogen) atoms. The van der Waals surface area contributed by atoms with Crippen LogP contribution in [0, 0.1) is 5.92 Å². The van der Waals surface area contributed by atoms with Crippen molar-refractivity contribution in [1.82, 2.24) is 0 Å². The molecule has 0 bridgehead atoms. The van der Waals surface area contributed by atoms with Gasteiger partial charge in [-0.25, -0.2) is 0 Å². The van der Waals surface area contributed by atoms with E-state index in [1.54, 1.807) is 6.92 Å². The second-order valence-electron chi connectivity index (χ2n) is 15.1. The van der Waals surface area contributed by atoms with E-state index in [4.69, 9.17) is 13.3 Å². The summed E-state index contributed by atoms with van der Waals surface area (Å²) in [5.74, 6) is -3.14. The molecule has 18 heteroatoms. The standard InChI is InChI=1S/C16H14O6.C15H12O6.C15H10O6/c1-8-4-9(17)2-3-16(8,21)14-7-12(20)15-11(19)5-10(18)6-13(15)22-14;2*16-8-1-3-15(20,4-2-8)13-7-11(19)14-10(18)5-9(17)6-12(14)21-13/h2-3,5-8,18-19,21H,4H2,1H3;1-8,16-18,20H;1-7,17-18,20H. The Morgan fingerprint density at radius 3 is 1.28 bits per heavy atom. The molecule has 3 heterocycles. The Hall–Kier alpha value is -8.03. The SMILES string of the molecule is CC1CC(=O)C=CC1(O)c1cc(=O)c2c(O)cc(O)cc2o1.O=C1C=CC(O)(c2cc(=O)c3c(O)cc(O)cc3o2)C=C1.O=c1cc(C2(O)C=CC(O)C=C2)oc2cc(O)cc(O)c12. The van der Waals surface area contributed by atoms with Crippen LogP contribution in [0.25, 0.3) is 32.9 Å². The Bertz CT molecular complexity index is 3220. The highest BCUT2D eigenvalue weighted by Gasteiger charge is 2.40. The van der Waals surface area contributed by atoms with Gasteiger partial charge in [0.15, 0.2) is 39.1 Å². The van der Waals surface area contributed by atoms with Crippen molar-refractivity contribution >= 4 is 44.5 Å². The second-order valence-corrected chi connectivity index (χ2v) is 15.1. The van der Waals surface area contributed by atoms with Gasteiger partial charge in [0.2, 0.25) is 0 Å². The van der Waals surface area contributed by atoms with Crippen LogP contribution in [-0.2, 0) is 26.4 Å². The average Bonchev–Trinajstić information content (AvgIpc) is 3.21. The quantitative estimate of drug-likeness (QED) is 0.114. The van der Waals surface area contributed by atoms with E-state index in [2.05, 4.69) is 0 Å². The van der Waals surface area contributed by atoms with Gasteiger partial charge in [-0.2, -0.15) is 0 Å². The molecule has 0 spiro atoms. The molecule has 0 radical (unpaired) electrons. The third-order valence-corrected chi connectivity index (χ3v) is 10.4. The zero-order valence-electron chi connectivity index (χ0n) is 33.1. The van der Waals surface area contributed by atoms with Gasteiger partial charge in [0.25, 0.3) is 0 Å². The van der Waals surface area contributed by atoms with E-state index in [0.29, 0.717) is 0 Å². The molecule has 0 fully saturated rings. The van der Waals surface area contributed by atoms with Crippen molar-refractivity contribution < 1.29 is 73.9 Å². The molecule has 9 rings (SSSR count). The molecule has 10 N–H and O–H groups in total. The number of ketones is 2. The number of aromatic hydroxyl groups is 6. The number of phenolic OH excluding ortho intramolecular Hbond substituents is 6. The Morgan fingerprint density at radius 2 is 0.875 bits per heavy atom. The summed E-state index contributed by atoms with van der Waals surface area (Å²) in [6, 6.07) is 9.79. The summed E-state index contributed by atoms with van der Waals surface area (Å²) in [6.45, 7) is 1.67. The molecular weight excluding hydrogens is 840 g/mol. The van der Waals surface area contributed by atoms with Gasteiger partial charge in [-0.05, 0) is 48.6 Å². The van der Waals surface area contributed by atoms with Crippen molar-refractivity contribution in [3.05, 3.63) is 163 Å². The minimum absolute atomic E-state index is 0.0359.